The number of fused-ring (bicyclic) bond motifs is 2. The molecule has 0 fully saturated rings. The van der Waals surface area contributed by atoms with Crippen LogP contribution >= 0.6 is 15.9 Å². The predicted octanol–water partition coefficient (Wildman–Crippen LogP) is 4.39. The van der Waals surface area contributed by atoms with Gasteiger partial charge in [-0.25, -0.2) is 26.1 Å². The number of carbonyl (C=O) groups is 1. The zero-order chi connectivity index (χ0) is 40.7. The van der Waals surface area contributed by atoms with Crippen LogP contribution in [0.25, 0.3) is 33.4 Å². The van der Waals surface area contributed by atoms with Crippen LogP contribution in [-0.2, 0) is 39.1 Å². The minimum atomic E-state index is -4.99. The summed E-state index contributed by atoms with van der Waals surface area (Å²) in [4.78, 5) is 12.4. The lowest BCUT2D eigenvalue weighted by molar-refractivity contribution is -0.118. The van der Waals surface area contributed by atoms with Gasteiger partial charge >= 0.3 is 0 Å². The van der Waals surface area contributed by atoms with Gasteiger partial charge in [0.2, 0.25) is 21.3 Å². The number of rotatable bonds is 24. The van der Waals surface area contributed by atoms with Crippen molar-refractivity contribution in [2.45, 2.75) is 50.3 Å². The molecule has 0 aromatic heterocycles. The van der Waals surface area contributed by atoms with Crippen LogP contribution in [0.1, 0.15) is 40.5 Å². The minimum Gasteiger partial charge on any atom is -0.744 e. The first-order chi connectivity index (χ1) is 26.9. The highest BCUT2D eigenvalue weighted by atomic mass is 79.9. The molecule has 0 saturated heterocycles. The summed E-state index contributed by atoms with van der Waals surface area (Å²) in [7, 11) is -9.35. The van der Waals surface area contributed by atoms with Gasteiger partial charge in [0.1, 0.15) is 34.6 Å². The van der Waals surface area contributed by atoms with Gasteiger partial charge < -0.3 is 33.4 Å². The van der Waals surface area contributed by atoms with E-state index in [0.717, 1.165) is 49.4 Å². The van der Waals surface area contributed by atoms with E-state index in [1.807, 2.05) is 36.4 Å². The predicted molar refractivity (Wildman–Crippen MR) is 220 cm³/mol. The molecule has 1 amide bonds. The number of sulfonamides is 1. The Kier molecular flexibility index (Phi) is 17.7. The quantitative estimate of drug-likeness (QED) is 0.0336. The van der Waals surface area contributed by atoms with E-state index in [9.17, 15) is 26.2 Å². The smallest absolute Gasteiger partial charge is 0.241 e. The number of hydrogen-bond acceptors (Lipinski definition) is 11. The average molecular weight is 882 g/mol. The van der Waals surface area contributed by atoms with Crippen molar-refractivity contribution in [3.63, 3.8) is 0 Å². The summed E-state index contributed by atoms with van der Waals surface area (Å²) in [5.41, 5.74) is 2.83. The third-order valence-corrected chi connectivity index (χ3v) is 12.0. The number of alkyl halides is 1. The maximum atomic E-state index is 14.0. The van der Waals surface area contributed by atoms with Crippen LogP contribution in [0.4, 0.5) is 5.69 Å². The fourth-order valence-corrected chi connectivity index (χ4v) is 8.35. The van der Waals surface area contributed by atoms with Gasteiger partial charge in [-0.1, -0.05) is 22.0 Å². The van der Waals surface area contributed by atoms with Gasteiger partial charge in [0.05, 0.1) is 47.6 Å². The van der Waals surface area contributed by atoms with Crippen LogP contribution in [0.2, 0.25) is 0 Å². The Balaban J connectivity index is 1.54. The minimum absolute atomic E-state index is 0.00695. The molecule has 0 saturated carbocycles. The number of amides is 1. The molecule has 0 atom stereocenters. The van der Waals surface area contributed by atoms with Crippen molar-refractivity contribution in [1.29, 1.82) is 0 Å². The molecule has 4 rings (SSSR count). The molecule has 0 spiro atoms. The first kappa shape index (κ1) is 45.3. The molecule has 0 unspecified atom stereocenters. The molecule has 1 aliphatic heterocycles. The Bertz CT molecular complexity index is 2170. The molecule has 1 heterocycles. The molecule has 14 nitrogen and oxygen atoms in total. The molecule has 17 heteroatoms. The first-order valence-electron chi connectivity index (χ1n) is 18.9. The van der Waals surface area contributed by atoms with Gasteiger partial charge in [0.25, 0.3) is 0 Å². The number of anilines is 1. The van der Waals surface area contributed by atoms with Gasteiger partial charge in [-0.05, 0) is 70.9 Å². The fraction of sp³-hybridized carbons (Fsp3) is 0.487. The molecule has 1 aliphatic carbocycles. The Morgan fingerprint density at radius 1 is 0.804 bits per heavy atom. The first-order valence-corrected chi connectivity index (χ1v) is 22.9. The van der Waals surface area contributed by atoms with Crippen molar-refractivity contribution in [2.75, 3.05) is 89.1 Å². The van der Waals surface area contributed by atoms with Crippen LogP contribution in [0.15, 0.2) is 68.8 Å². The molecule has 308 valence electrons. The lowest BCUT2D eigenvalue weighted by Crippen LogP contribution is -2.29. The number of benzene rings is 3. The van der Waals surface area contributed by atoms with E-state index in [-0.39, 0.29) is 34.8 Å². The molecule has 56 heavy (non-hydrogen) atoms. The summed E-state index contributed by atoms with van der Waals surface area (Å²) in [5, 5.41) is 4.56. The monoisotopic (exact) mass is 880 g/mol. The van der Waals surface area contributed by atoms with E-state index in [1.165, 1.54) is 6.07 Å². The van der Waals surface area contributed by atoms with E-state index in [0.29, 0.717) is 80.3 Å². The zero-order valence-corrected chi connectivity index (χ0v) is 35.7. The van der Waals surface area contributed by atoms with Crippen molar-refractivity contribution < 1.29 is 44.8 Å². The lowest BCUT2D eigenvalue weighted by Gasteiger charge is -2.23. The van der Waals surface area contributed by atoms with Gasteiger partial charge in [0.15, 0.2) is 0 Å². The second kappa shape index (κ2) is 21.9. The molecule has 0 bridgehead atoms. The van der Waals surface area contributed by atoms with Crippen molar-refractivity contribution in [3.8, 4) is 22.5 Å². The second-order valence-electron chi connectivity index (χ2n) is 12.7. The van der Waals surface area contributed by atoms with E-state index in [2.05, 4.69) is 63.1 Å². The number of nitrogens with one attached hydrogen (secondary N) is 2. The Morgan fingerprint density at radius 3 is 2.04 bits per heavy atom. The van der Waals surface area contributed by atoms with Gasteiger partial charge in [-0.3, -0.25) is 4.79 Å². The standard InChI is InChI=1S/C39H53BrN4O10S2/c1-5-43(6-2)29-11-14-32-35(25-29)54-36-26-30(44(7-3)8-4)12-15-33(36)39(32)34-16-13-31(56(48,49)50)27-37(34)55(46,47)42-18-10-20-52-22-24-53-23-21-51-19-9-17-41-38(45)28-40/h11-16,25-27,42H,5-10,17-24,28H2,1-4H3,(H-,41,45,48,49,50). The van der Waals surface area contributed by atoms with Crippen LogP contribution < -0.4 is 24.9 Å². The number of carbonyl (C=O) groups excluding carboxylic acids is 1. The number of halogens is 1. The summed E-state index contributed by atoms with van der Waals surface area (Å²) >= 11 is 3.09. The van der Waals surface area contributed by atoms with E-state index in [1.54, 1.807) is 0 Å². The zero-order valence-electron chi connectivity index (χ0n) is 32.5. The Labute approximate surface area is 338 Å². The second-order valence-corrected chi connectivity index (χ2v) is 16.4. The highest BCUT2D eigenvalue weighted by Crippen LogP contribution is 2.43. The van der Waals surface area contributed by atoms with Crippen LogP contribution in [0.3, 0.4) is 0 Å². The molecule has 2 aromatic carbocycles. The van der Waals surface area contributed by atoms with Gasteiger partial charge in [0, 0.05) is 79.3 Å². The van der Waals surface area contributed by atoms with Crippen LogP contribution in [0, 0.1) is 0 Å². The number of nitrogens with zero attached hydrogens (tertiary/aromatic N) is 2. The van der Waals surface area contributed by atoms with E-state index < -0.39 is 25.0 Å². The van der Waals surface area contributed by atoms with Crippen LogP contribution in [-0.4, -0.2) is 112 Å². The third-order valence-electron chi connectivity index (χ3n) is 9.16. The number of hydrogen-bond donors (Lipinski definition) is 2. The molecule has 2 aliphatic rings. The molecular formula is C39H53BrN4O10S2. The summed E-state index contributed by atoms with van der Waals surface area (Å²) in [5.74, 6) is 0.451. The van der Waals surface area contributed by atoms with Gasteiger partial charge in [-0.15, -0.1) is 0 Å². The summed E-state index contributed by atoms with van der Waals surface area (Å²) in [6.45, 7) is 14.0. The van der Waals surface area contributed by atoms with Crippen molar-refractivity contribution >= 4 is 58.6 Å². The fourth-order valence-electron chi connectivity index (χ4n) is 6.27. The topological polar surface area (TPSA) is 180 Å². The van der Waals surface area contributed by atoms with Crippen molar-refractivity contribution in [2.24, 2.45) is 0 Å². The summed E-state index contributed by atoms with van der Waals surface area (Å²) < 4.78 is 92.5. The third kappa shape index (κ3) is 12.3. The molecule has 0 radical (unpaired) electrons. The van der Waals surface area contributed by atoms with E-state index in [4.69, 9.17) is 18.6 Å². The lowest BCUT2D eigenvalue weighted by atomic mass is 9.93. The summed E-state index contributed by atoms with van der Waals surface area (Å²) in [6.07, 6.45) is 1.02. The summed E-state index contributed by atoms with van der Waals surface area (Å²) in [6, 6.07) is 15.0. The van der Waals surface area contributed by atoms with E-state index >= 15 is 0 Å². The molecule has 2 aromatic rings. The highest BCUT2D eigenvalue weighted by molar-refractivity contribution is 9.09. The normalized spacial score (nSPS) is 12.0. The van der Waals surface area contributed by atoms with Crippen molar-refractivity contribution in [1.82, 2.24) is 14.6 Å². The number of ether oxygens (including phenoxy) is 3. The van der Waals surface area contributed by atoms with Crippen molar-refractivity contribution in [3.05, 3.63) is 60.0 Å². The average Bonchev–Trinajstić information content (AvgIpc) is 3.18. The van der Waals surface area contributed by atoms with Gasteiger partial charge in [-0.2, -0.15) is 0 Å². The highest BCUT2D eigenvalue weighted by Gasteiger charge is 2.27. The van der Waals surface area contributed by atoms with Crippen LogP contribution in [0.5, 0.6) is 0 Å². The molecule has 2 N–H and O–H groups in total. The molecular weight excluding hydrogens is 828 g/mol. The SMILES string of the molecule is CCN(CC)c1ccc2c(-c3ccc(S(=O)(=O)[O-])cc3S(=O)(=O)NCCCOCCOCCOCCCNC(=O)CBr)c3ccc(=[N+](CC)CC)cc-3oc2c1. The largest absolute Gasteiger partial charge is 0.744 e. The maximum Gasteiger partial charge on any atom is 0.241 e. The Morgan fingerprint density at radius 2 is 1.43 bits per heavy atom. The Hall–Kier alpha value is -3.42. The maximum absolute atomic E-state index is 14.0.